The predicted octanol–water partition coefficient (Wildman–Crippen LogP) is 1.91. The highest BCUT2D eigenvalue weighted by atomic mass is 16.5. The van der Waals surface area contributed by atoms with Crippen molar-refractivity contribution >= 4 is 5.78 Å². The summed E-state index contributed by atoms with van der Waals surface area (Å²) in [5.74, 6) is 1.14. The van der Waals surface area contributed by atoms with Crippen LogP contribution in [0.3, 0.4) is 0 Å². The maximum Gasteiger partial charge on any atom is 0.176 e. The molecule has 3 rings (SSSR count). The number of hydrogen-bond acceptors (Lipinski definition) is 4. The van der Waals surface area contributed by atoms with E-state index >= 15 is 0 Å². The molecule has 1 aromatic rings. The molecular weight excluding hydrogens is 254 g/mol. The van der Waals surface area contributed by atoms with Gasteiger partial charge >= 0.3 is 0 Å². The van der Waals surface area contributed by atoms with Crippen molar-refractivity contribution in [3.05, 3.63) is 29.3 Å². The highest BCUT2D eigenvalue weighted by Crippen LogP contribution is 2.26. The Labute approximate surface area is 119 Å². The number of methoxy groups -OCH3 is 1. The number of fused-ring (bicyclic) bond motifs is 1. The number of piperidine rings is 1. The first kappa shape index (κ1) is 13.6. The van der Waals surface area contributed by atoms with E-state index in [2.05, 4.69) is 4.90 Å². The van der Waals surface area contributed by atoms with Gasteiger partial charge in [0, 0.05) is 32.2 Å². The van der Waals surface area contributed by atoms with E-state index in [1.54, 1.807) is 7.11 Å². The average Bonchev–Trinajstić information content (AvgIpc) is 2.95. The lowest BCUT2D eigenvalue weighted by atomic mass is 10.0. The third-order valence-electron chi connectivity index (χ3n) is 4.25. The second-order valence-electron chi connectivity index (χ2n) is 5.56. The van der Waals surface area contributed by atoms with Crippen LogP contribution in [0.15, 0.2) is 18.2 Å². The number of nitrogens with zero attached hydrogens (tertiary/aromatic N) is 1. The van der Waals surface area contributed by atoms with Crippen LogP contribution >= 0.6 is 0 Å². The van der Waals surface area contributed by atoms with Crippen LogP contribution < -0.4 is 4.74 Å². The Kier molecular flexibility index (Phi) is 4.03. The fourth-order valence-electron chi connectivity index (χ4n) is 2.96. The lowest BCUT2D eigenvalue weighted by Crippen LogP contribution is -2.39. The van der Waals surface area contributed by atoms with Crippen molar-refractivity contribution in [2.24, 2.45) is 0 Å². The summed E-state index contributed by atoms with van der Waals surface area (Å²) < 4.78 is 10.8. The number of hydrogen-bond donors (Lipinski definition) is 0. The molecule has 0 N–H and O–H groups in total. The molecule has 2 heterocycles. The van der Waals surface area contributed by atoms with Crippen LogP contribution in [0.5, 0.6) is 5.75 Å². The Morgan fingerprint density at radius 2 is 2.20 bits per heavy atom. The second-order valence-corrected chi connectivity index (χ2v) is 5.56. The van der Waals surface area contributed by atoms with Crippen molar-refractivity contribution in [3.63, 3.8) is 0 Å². The Bertz CT molecular complexity index is 492. The summed E-state index contributed by atoms with van der Waals surface area (Å²) in [4.78, 5) is 14.6. The minimum absolute atomic E-state index is 0.204. The van der Waals surface area contributed by atoms with Crippen molar-refractivity contribution in [1.82, 2.24) is 4.90 Å². The van der Waals surface area contributed by atoms with E-state index < -0.39 is 0 Å². The molecule has 108 valence electrons. The van der Waals surface area contributed by atoms with Crippen molar-refractivity contribution < 1.29 is 14.3 Å². The van der Waals surface area contributed by atoms with Crippen molar-refractivity contribution in [1.29, 1.82) is 0 Å². The standard InChI is InChI=1S/C16H21NO3/c1-19-14-4-7-17(8-5-14)11-15(18)12-2-3-16-13(10-12)6-9-20-16/h2-3,10,14H,4-9,11H2,1H3. The van der Waals surface area contributed by atoms with Gasteiger partial charge in [-0.2, -0.15) is 0 Å². The summed E-state index contributed by atoms with van der Waals surface area (Å²) in [5.41, 5.74) is 1.97. The van der Waals surface area contributed by atoms with E-state index in [0.29, 0.717) is 12.6 Å². The number of carbonyl (C=O) groups is 1. The highest BCUT2D eigenvalue weighted by molar-refractivity contribution is 5.98. The van der Waals surface area contributed by atoms with Gasteiger partial charge in [-0.15, -0.1) is 0 Å². The van der Waals surface area contributed by atoms with Crippen LogP contribution in [0, 0.1) is 0 Å². The van der Waals surface area contributed by atoms with Gasteiger partial charge in [-0.3, -0.25) is 9.69 Å². The molecule has 2 aliphatic rings. The third-order valence-corrected chi connectivity index (χ3v) is 4.25. The molecule has 2 aliphatic heterocycles. The third kappa shape index (κ3) is 2.86. The van der Waals surface area contributed by atoms with Gasteiger partial charge in [0.2, 0.25) is 0 Å². The number of rotatable bonds is 4. The van der Waals surface area contributed by atoms with Crippen LogP contribution in [0.25, 0.3) is 0 Å². The Morgan fingerprint density at radius 3 is 2.95 bits per heavy atom. The Hall–Kier alpha value is -1.39. The fraction of sp³-hybridized carbons (Fsp3) is 0.562. The van der Waals surface area contributed by atoms with Crippen LogP contribution in [0.2, 0.25) is 0 Å². The van der Waals surface area contributed by atoms with Gasteiger partial charge in [0.1, 0.15) is 5.75 Å². The van der Waals surface area contributed by atoms with Crippen LogP contribution in [0.1, 0.15) is 28.8 Å². The maximum absolute atomic E-state index is 12.4. The molecule has 1 fully saturated rings. The van der Waals surface area contributed by atoms with Gasteiger partial charge in [0.25, 0.3) is 0 Å². The largest absolute Gasteiger partial charge is 0.493 e. The summed E-state index contributed by atoms with van der Waals surface area (Å²) in [7, 11) is 1.76. The van der Waals surface area contributed by atoms with Gasteiger partial charge < -0.3 is 9.47 Å². The number of benzene rings is 1. The zero-order valence-corrected chi connectivity index (χ0v) is 11.9. The number of ether oxygens (including phenoxy) is 2. The fourth-order valence-corrected chi connectivity index (χ4v) is 2.96. The predicted molar refractivity (Wildman–Crippen MR) is 76.4 cm³/mol. The smallest absolute Gasteiger partial charge is 0.176 e. The molecule has 0 amide bonds. The topological polar surface area (TPSA) is 38.8 Å². The van der Waals surface area contributed by atoms with Gasteiger partial charge in [0.15, 0.2) is 5.78 Å². The summed E-state index contributed by atoms with van der Waals surface area (Å²) >= 11 is 0. The lowest BCUT2D eigenvalue weighted by molar-refractivity contribution is 0.0401. The molecular formula is C16H21NO3. The summed E-state index contributed by atoms with van der Waals surface area (Å²) in [5, 5.41) is 0. The SMILES string of the molecule is COC1CCN(CC(=O)c2ccc3c(c2)CCO3)CC1. The molecule has 1 saturated heterocycles. The molecule has 0 atom stereocenters. The molecule has 4 heteroatoms. The van der Waals surface area contributed by atoms with Gasteiger partial charge in [-0.1, -0.05) is 0 Å². The first-order chi connectivity index (χ1) is 9.76. The van der Waals surface area contributed by atoms with E-state index in [9.17, 15) is 4.79 Å². The first-order valence-electron chi connectivity index (χ1n) is 7.30. The monoisotopic (exact) mass is 275 g/mol. The van der Waals surface area contributed by atoms with Crippen molar-refractivity contribution in [2.45, 2.75) is 25.4 Å². The quantitative estimate of drug-likeness (QED) is 0.787. The van der Waals surface area contributed by atoms with Gasteiger partial charge in [0.05, 0.1) is 19.3 Å². The molecule has 1 aromatic carbocycles. The van der Waals surface area contributed by atoms with Crippen LogP contribution in [-0.4, -0.2) is 50.1 Å². The zero-order valence-electron chi connectivity index (χ0n) is 11.9. The normalized spacial score (nSPS) is 19.6. The van der Waals surface area contributed by atoms with Crippen LogP contribution in [-0.2, 0) is 11.2 Å². The molecule has 0 unspecified atom stereocenters. The van der Waals surface area contributed by atoms with E-state index in [1.807, 2.05) is 18.2 Å². The molecule has 4 nitrogen and oxygen atoms in total. The molecule has 20 heavy (non-hydrogen) atoms. The molecule has 0 saturated carbocycles. The number of carbonyl (C=O) groups excluding carboxylic acids is 1. The maximum atomic E-state index is 12.4. The van der Waals surface area contributed by atoms with Gasteiger partial charge in [-0.05, 0) is 36.6 Å². The zero-order chi connectivity index (χ0) is 13.9. The van der Waals surface area contributed by atoms with E-state index in [0.717, 1.165) is 55.8 Å². The van der Waals surface area contributed by atoms with E-state index in [4.69, 9.17) is 9.47 Å². The highest BCUT2D eigenvalue weighted by Gasteiger charge is 2.21. The summed E-state index contributed by atoms with van der Waals surface area (Å²) in [6, 6.07) is 5.80. The summed E-state index contributed by atoms with van der Waals surface area (Å²) in [6.07, 6.45) is 3.30. The van der Waals surface area contributed by atoms with E-state index in [-0.39, 0.29) is 5.78 Å². The molecule has 0 aromatic heterocycles. The van der Waals surface area contributed by atoms with Gasteiger partial charge in [-0.25, -0.2) is 0 Å². The first-order valence-corrected chi connectivity index (χ1v) is 7.30. The molecule has 0 spiro atoms. The van der Waals surface area contributed by atoms with Crippen LogP contribution in [0.4, 0.5) is 0 Å². The van der Waals surface area contributed by atoms with Crippen molar-refractivity contribution in [2.75, 3.05) is 33.4 Å². The minimum atomic E-state index is 0.204. The average molecular weight is 275 g/mol. The molecule has 0 bridgehead atoms. The minimum Gasteiger partial charge on any atom is -0.493 e. The molecule has 0 aliphatic carbocycles. The van der Waals surface area contributed by atoms with Crippen molar-refractivity contribution in [3.8, 4) is 5.75 Å². The summed E-state index contributed by atoms with van der Waals surface area (Å²) in [6.45, 7) is 3.13. The number of Topliss-reactive ketones (excluding diaryl/α,β-unsaturated/α-hetero) is 1. The van der Waals surface area contributed by atoms with E-state index in [1.165, 1.54) is 0 Å². The Balaban J connectivity index is 1.59. The number of likely N-dealkylation sites (tertiary alicyclic amines) is 1. The second kappa shape index (κ2) is 5.94. The molecule has 0 radical (unpaired) electrons. The lowest BCUT2D eigenvalue weighted by Gasteiger charge is -2.30. The Morgan fingerprint density at radius 1 is 1.40 bits per heavy atom. The number of ketones is 1.